The van der Waals surface area contributed by atoms with Crippen LogP contribution in [-0.2, 0) is 20.4 Å². The number of carbonyl (C=O) groups is 2. The minimum atomic E-state index is 0.0297. The fraction of sp³-hybridized carbons (Fsp3) is 0.714. The summed E-state index contributed by atoms with van der Waals surface area (Å²) < 4.78 is 0. The lowest BCUT2D eigenvalue weighted by molar-refractivity contribution is -0.128. The topological polar surface area (TPSA) is 34.1 Å². The molecule has 2 aliphatic rings. The van der Waals surface area contributed by atoms with Crippen LogP contribution in [0.25, 0.3) is 0 Å². The standard InChI is InChI=1S/C28H42O2/c1-17-14-25(29)19(3)12-23(17)27(5,6)21-10-9-11-22(16-21)28(7,8)24-13-20(4)26(30)15-18(24)2/h9-11,16-20,23-24H,12-15H2,1-8H3. The second-order valence-electron chi connectivity index (χ2n) is 11.8. The van der Waals surface area contributed by atoms with Crippen molar-refractivity contribution in [1.29, 1.82) is 0 Å². The second-order valence-corrected chi connectivity index (χ2v) is 11.8. The lowest BCUT2D eigenvalue weighted by Gasteiger charge is -2.45. The molecule has 0 aromatic heterocycles. The van der Waals surface area contributed by atoms with Crippen LogP contribution < -0.4 is 0 Å². The fourth-order valence-corrected chi connectivity index (χ4v) is 6.57. The molecule has 1 aromatic carbocycles. The molecule has 0 heterocycles. The predicted octanol–water partition coefficient (Wildman–Crippen LogP) is 6.74. The van der Waals surface area contributed by atoms with Gasteiger partial charge in [-0.2, -0.15) is 0 Å². The van der Waals surface area contributed by atoms with Crippen LogP contribution in [0.15, 0.2) is 24.3 Å². The molecular weight excluding hydrogens is 368 g/mol. The molecule has 2 aliphatic carbocycles. The van der Waals surface area contributed by atoms with E-state index in [0.29, 0.717) is 48.1 Å². The Hall–Kier alpha value is -1.44. The van der Waals surface area contributed by atoms with Crippen molar-refractivity contribution in [2.24, 2.45) is 35.5 Å². The quantitative estimate of drug-likeness (QED) is 0.550. The Morgan fingerprint density at radius 2 is 1.07 bits per heavy atom. The van der Waals surface area contributed by atoms with E-state index in [1.165, 1.54) is 11.1 Å². The van der Waals surface area contributed by atoms with Crippen LogP contribution in [0.4, 0.5) is 0 Å². The van der Waals surface area contributed by atoms with Crippen molar-refractivity contribution in [3.63, 3.8) is 0 Å². The van der Waals surface area contributed by atoms with Crippen LogP contribution in [0.3, 0.4) is 0 Å². The van der Waals surface area contributed by atoms with Crippen molar-refractivity contribution in [3.8, 4) is 0 Å². The first-order valence-electron chi connectivity index (χ1n) is 12.0. The number of hydrogen-bond acceptors (Lipinski definition) is 2. The zero-order valence-corrected chi connectivity index (χ0v) is 20.4. The number of hydrogen-bond donors (Lipinski definition) is 0. The molecule has 0 spiro atoms. The van der Waals surface area contributed by atoms with Gasteiger partial charge in [0.05, 0.1) is 0 Å². The van der Waals surface area contributed by atoms with Crippen molar-refractivity contribution in [1.82, 2.24) is 0 Å². The number of benzene rings is 1. The van der Waals surface area contributed by atoms with E-state index in [9.17, 15) is 9.59 Å². The van der Waals surface area contributed by atoms with Gasteiger partial charge in [0.25, 0.3) is 0 Å². The van der Waals surface area contributed by atoms with Crippen LogP contribution in [0.1, 0.15) is 92.2 Å². The Morgan fingerprint density at radius 3 is 1.43 bits per heavy atom. The van der Waals surface area contributed by atoms with Crippen LogP contribution in [-0.4, -0.2) is 11.6 Å². The van der Waals surface area contributed by atoms with Gasteiger partial charge < -0.3 is 0 Å². The van der Waals surface area contributed by atoms with E-state index in [0.717, 1.165) is 12.8 Å². The third-order valence-corrected chi connectivity index (χ3v) is 8.94. The minimum Gasteiger partial charge on any atom is -0.299 e. The average molecular weight is 411 g/mol. The van der Waals surface area contributed by atoms with Crippen LogP contribution >= 0.6 is 0 Å². The Kier molecular flexibility index (Phi) is 6.38. The van der Waals surface area contributed by atoms with Crippen molar-refractivity contribution in [3.05, 3.63) is 35.4 Å². The van der Waals surface area contributed by atoms with E-state index < -0.39 is 0 Å². The zero-order valence-electron chi connectivity index (χ0n) is 20.4. The van der Waals surface area contributed by atoms with E-state index in [2.05, 4.69) is 79.7 Å². The number of rotatable bonds is 4. The minimum absolute atomic E-state index is 0.0297. The Labute approximate surface area is 184 Å². The van der Waals surface area contributed by atoms with E-state index in [1.807, 2.05) is 0 Å². The summed E-state index contributed by atoms with van der Waals surface area (Å²) in [5.41, 5.74) is 2.84. The maximum atomic E-state index is 12.2. The third kappa shape index (κ3) is 4.16. The van der Waals surface area contributed by atoms with E-state index in [1.54, 1.807) is 0 Å². The smallest absolute Gasteiger partial charge is 0.135 e. The maximum Gasteiger partial charge on any atom is 0.135 e. The molecule has 6 unspecified atom stereocenters. The number of Topliss-reactive ketones (excluding diaryl/α,β-unsaturated/α-hetero) is 2. The molecule has 1 aromatic rings. The largest absolute Gasteiger partial charge is 0.299 e. The van der Waals surface area contributed by atoms with Crippen molar-refractivity contribution in [2.75, 3.05) is 0 Å². The molecule has 2 saturated carbocycles. The summed E-state index contributed by atoms with van der Waals surface area (Å²) in [7, 11) is 0. The fourth-order valence-electron chi connectivity index (χ4n) is 6.57. The molecular formula is C28H42O2. The zero-order chi connectivity index (χ0) is 22.4. The summed E-state index contributed by atoms with van der Waals surface area (Å²) in [5.74, 6) is 3.07. The van der Waals surface area contributed by atoms with Gasteiger partial charge in [-0.3, -0.25) is 9.59 Å². The molecule has 0 amide bonds. The summed E-state index contributed by atoms with van der Waals surface area (Å²) >= 11 is 0. The van der Waals surface area contributed by atoms with Gasteiger partial charge in [-0.15, -0.1) is 0 Å². The molecule has 166 valence electrons. The highest BCUT2D eigenvalue weighted by molar-refractivity contribution is 5.82. The highest BCUT2D eigenvalue weighted by Crippen LogP contribution is 2.48. The summed E-state index contributed by atoms with van der Waals surface area (Å²) in [6, 6.07) is 9.22. The summed E-state index contributed by atoms with van der Waals surface area (Å²) in [5, 5.41) is 0. The summed E-state index contributed by atoms with van der Waals surface area (Å²) in [6.07, 6.45) is 3.40. The van der Waals surface area contributed by atoms with E-state index in [4.69, 9.17) is 0 Å². The van der Waals surface area contributed by atoms with E-state index in [-0.39, 0.29) is 22.7 Å². The van der Waals surface area contributed by atoms with Crippen LogP contribution in [0.5, 0.6) is 0 Å². The van der Waals surface area contributed by atoms with E-state index >= 15 is 0 Å². The van der Waals surface area contributed by atoms with Gasteiger partial charge in [-0.05, 0) is 58.5 Å². The van der Waals surface area contributed by atoms with Gasteiger partial charge in [0.1, 0.15) is 11.6 Å². The van der Waals surface area contributed by atoms with Gasteiger partial charge in [0.15, 0.2) is 0 Å². The van der Waals surface area contributed by atoms with Crippen LogP contribution in [0, 0.1) is 35.5 Å². The lowest BCUT2D eigenvalue weighted by Crippen LogP contribution is -2.42. The Morgan fingerprint density at radius 1 is 0.700 bits per heavy atom. The van der Waals surface area contributed by atoms with Gasteiger partial charge in [0.2, 0.25) is 0 Å². The molecule has 0 radical (unpaired) electrons. The lowest BCUT2D eigenvalue weighted by atomic mass is 9.59. The normalized spacial score (nSPS) is 33.6. The number of ketones is 2. The molecule has 0 aliphatic heterocycles. The van der Waals surface area contributed by atoms with Gasteiger partial charge in [0, 0.05) is 24.7 Å². The predicted molar refractivity (Wildman–Crippen MR) is 125 cm³/mol. The molecule has 2 fully saturated rings. The molecule has 6 atom stereocenters. The molecule has 0 saturated heterocycles. The monoisotopic (exact) mass is 410 g/mol. The van der Waals surface area contributed by atoms with Gasteiger partial charge >= 0.3 is 0 Å². The Balaban J connectivity index is 1.91. The molecule has 30 heavy (non-hydrogen) atoms. The van der Waals surface area contributed by atoms with Crippen molar-refractivity contribution >= 4 is 11.6 Å². The first-order valence-corrected chi connectivity index (χ1v) is 12.0. The molecule has 2 heteroatoms. The van der Waals surface area contributed by atoms with Crippen molar-refractivity contribution in [2.45, 2.75) is 91.9 Å². The molecule has 2 nitrogen and oxygen atoms in total. The molecule has 0 N–H and O–H groups in total. The SMILES string of the molecule is CC1CC(C(C)(C)c2cccc(C(C)(C)C3CC(C)C(=O)CC3C)c2)C(C)CC1=O. The maximum absolute atomic E-state index is 12.2. The Bertz CT molecular complexity index is 739. The second kappa shape index (κ2) is 8.24. The first kappa shape index (κ1) is 23.2. The molecule has 0 bridgehead atoms. The van der Waals surface area contributed by atoms with Crippen LogP contribution in [0.2, 0.25) is 0 Å². The number of carbonyl (C=O) groups excluding carboxylic acids is 2. The highest BCUT2D eigenvalue weighted by atomic mass is 16.1. The van der Waals surface area contributed by atoms with Crippen molar-refractivity contribution < 1.29 is 9.59 Å². The first-order chi connectivity index (χ1) is 13.9. The summed E-state index contributed by atoms with van der Waals surface area (Å²) in [4.78, 5) is 24.5. The van der Waals surface area contributed by atoms with Gasteiger partial charge in [-0.25, -0.2) is 0 Å². The molecule has 3 rings (SSSR count). The average Bonchev–Trinajstić information content (AvgIpc) is 2.67. The van der Waals surface area contributed by atoms with Gasteiger partial charge in [-0.1, -0.05) is 79.7 Å². The highest BCUT2D eigenvalue weighted by Gasteiger charge is 2.43. The summed E-state index contributed by atoms with van der Waals surface area (Å²) in [6.45, 7) is 18.2. The third-order valence-electron chi connectivity index (χ3n) is 8.94.